The molecule has 1 fully saturated rings. The number of piperazine rings is 1. The normalized spacial score (nSPS) is 14.2. The summed E-state index contributed by atoms with van der Waals surface area (Å²) in [5, 5.41) is 7.05. The summed E-state index contributed by atoms with van der Waals surface area (Å²) in [6.07, 6.45) is 0. The zero-order valence-electron chi connectivity index (χ0n) is 18.5. The lowest BCUT2D eigenvalue weighted by molar-refractivity contribution is 0.0999. The van der Waals surface area contributed by atoms with E-state index in [-0.39, 0.29) is 12.4 Å². The Morgan fingerprint density at radius 1 is 1.19 bits per heavy atom. The Kier molecular flexibility index (Phi) is 7.60. The van der Waals surface area contributed by atoms with Gasteiger partial charge in [-0.3, -0.25) is 4.79 Å². The summed E-state index contributed by atoms with van der Waals surface area (Å²) in [6, 6.07) is 3.51. The van der Waals surface area contributed by atoms with Crippen molar-refractivity contribution in [2.45, 2.75) is 13.8 Å². The quantitative estimate of drug-likeness (QED) is 0.536. The molecule has 8 nitrogen and oxygen atoms in total. The lowest BCUT2D eigenvalue weighted by Gasteiger charge is -2.32. The molecule has 2 aromatic heterocycles. The van der Waals surface area contributed by atoms with Crippen LogP contribution in [0.3, 0.4) is 0 Å². The third-order valence-corrected chi connectivity index (χ3v) is 7.35. The SMILES string of the molecule is COc1cc(C)c(C(N)=O)cc1Nc1nc(-c2sc(N3CCN(C)CC3)nc2C)cs1.Cl. The van der Waals surface area contributed by atoms with Crippen molar-refractivity contribution in [3.8, 4) is 16.3 Å². The number of likely N-dealkylation sites (N-methyl/N-ethyl adjacent to an activating group) is 1. The minimum absolute atomic E-state index is 0. The monoisotopic (exact) mass is 494 g/mol. The molecule has 1 aliphatic rings. The highest BCUT2D eigenvalue weighted by atomic mass is 35.5. The molecular weight excluding hydrogens is 468 g/mol. The van der Waals surface area contributed by atoms with Crippen molar-refractivity contribution in [2.75, 3.05) is 50.6 Å². The van der Waals surface area contributed by atoms with Crippen LogP contribution < -0.4 is 20.7 Å². The third-order valence-electron chi connectivity index (χ3n) is 5.35. The van der Waals surface area contributed by atoms with Crippen LogP contribution >= 0.6 is 35.1 Å². The van der Waals surface area contributed by atoms with Crippen molar-refractivity contribution in [3.05, 3.63) is 34.3 Å². The average molecular weight is 495 g/mol. The number of ether oxygens (including phenoxy) is 1. The molecule has 0 aliphatic carbocycles. The van der Waals surface area contributed by atoms with E-state index >= 15 is 0 Å². The molecule has 11 heteroatoms. The van der Waals surface area contributed by atoms with Gasteiger partial charge in [0.05, 0.1) is 29.1 Å². The van der Waals surface area contributed by atoms with E-state index in [0.717, 1.165) is 53.1 Å². The Bertz CT molecular complexity index is 1110. The molecule has 0 spiro atoms. The molecule has 4 rings (SSSR count). The molecule has 0 atom stereocenters. The fourth-order valence-corrected chi connectivity index (χ4v) is 5.38. The van der Waals surface area contributed by atoms with Gasteiger partial charge in [0.25, 0.3) is 0 Å². The minimum Gasteiger partial charge on any atom is -0.495 e. The number of carbonyl (C=O) groups excluding carboxylic acids is 1. The molecule has 32 heavy (non-hydrogen) atoms. The first-order chi connectivity index (χ1) is 14.9. The van der Waals surface area contributed by atoms with E-state index in [2.05, 4.69) is 22.2 Å². The van der Waals surface area contributed by atoms with Gasteiger partial charge in [-0.2, -0.15) is 0 Å². The predicted molar refractivity (Wildman–Crippen MR) is 134 cm³/mol. The number of hydrogen-bond donors (Lipinski definition) is 2. The highest BCUT2D eigenvalue weighted by Gasteiger charge is 2.21. The summed E-state index contributed by atoms with van der Waals surface area (Å²) in [5.41, 5.74) is 9.26. The number of methoxy groups -OCH3 is 1. The van der Waals surface area contributed by atoms with Crippen molar-refractivity contribution in [1.82, 2.24) is 14.9 Å². The number of rotatable bonds is 6. The van der Waals surface area contributed by atoms with E-state index in [1.165, 1.54) is 11.3 Å². The molecule has 0 saturated carbocycles. The van der Waals surface area contributed by atoms with Crippen LogP contribution in [0.2, 0.25) is 0 Å². The molecule has 0 bridgehead atoms. The van der Waals surface area contributed by atoms with E-state index in [1.807, 2.05) is 19.2 Å². The van der Waals surface area contributed by atoms with Gasteiger partial charge in [-0.05, 0) is 38.6 Å². The highest BCUT2D eigenvalue weighted by molar-refractivity contribution is 7.19. The Balaban J connectivity index is 0.00000289. The smallest absolute Gasteiger partial charge is 0.249 e. The molecule has 3 heterocycles. The van der Waals surface area contributed by atoms with Crippen LogP contribution in [-0.2, 0) is 0 Å². The number of aromatic nitrogens is 2. The number of amides is 1. The number of nitrogens with two attached hydrogens (primary N) is 1. The summed E-state index contributed by atoms with van der Waals surface area (Å²) in [7, 11) is 3.74. The number of nitrogens with zero attached hydrogens (tertiary/aromatic N) is 4. The molecule has 3 N–H and O–H groups in total. The summed E-state index contributed by atoms with van der Waals surface area (Å²) >= 11 is 3.18. The van der Waals surface area contributed by atoms with E-state index in [0.29, 0.717) is 22.1 Å². The maximum Gasteiger partial charge on any atom is 0.249 e. The Labute approximate surface area is 201 Å². The highest BCUT2D eigenvalue weighted by Crippen LogP contribution is 2.38. The van der Waals surface area contributed by atoms with Crippen LogP contribution in [0, 0.1) is 13.8 Å². The van der Waals surface area contributed by atoms with Crippen molar-refractivity contribution in [3.63, 3.8) is 0 Å². The first kappa shape index (κ1) is 24.2. The maximum absolute atomic E-state index is 11.7. The Hall–Kier alpha value is -2.40. The van der Waals surface area contributed by atoms with Crippen molar-refractivity contribution in [2.24, 2.45) is 5.73 Å². The number of carbonyl (C=O) groups is 1. The van der Waals surface area contributed by atoms with Crippen molar-refractivity contribution < 1.29 is 9.53 Å². The van der Waals surface area contributed by atoms with Crippen molar-refractivity contribution >= 4 is 56.9 Å². The van der Waals surface area contributed by atoms with Gasteiger partial charge < -0.3 is 25.6 Å². The number of primary amides is 1. The molecule has 1 amide bonds. The number of nitrogens with one attached hydrogen (secondary N) is 1. The van der Waals surface area contributed by atoms with Gasteiger partial charge in [0, 0.05) is 37.1 Å². The van der Waals surface area contributed by atoms with E-state index in [9.17, 15) is 4.79 Å². The third kappa shape index (κ3) is 4.98. The second kappa shape index (κ2) is 10.0. The second-order valence-electron chi connectivity index (χ2n) is 7.60. The fourth-order valence-electron chi connectivity index (χ4n) is 3.52. The van der Waals surface area contributed by atoms with E-state index in [4.69, 9.17) is 20.4 Å². The number of hydrogen-bond acceptors (Lipinski definition) is 9. The van der Waals surface area contributed by atoms with Crippen LogP contribution in [0.5, 0.6) is 5.75 Å². The van der Waals surface area contributed by atoms with Gasteiger partial charge >= 0.3 is 0 Å². The number of thiazole rings is 2. The molecule has 1 aliphatic heterocycles. The molecule has 1 aromatic carbocycles. The van der Waals surface area contributed by atoms with Gasteiger partial charge in [0.1, 0.15) is 5.75 Å². The topological polar surface area (TPSA) is 96.6 Å². The molecule has 3 aromatic rings. The van der Waals surface area contributed by atoms with E-state index in [1.54, 1.807) is 30.6 Å². The zero-order valence-corrected chi connectivity index (χ0v) is 20.9. The van der Waals surface area contributed by atoms with Gasteiger partial charge in [0.15, 0.2) is 10.3 Å². The van der Waals surface area contributed by atoms with E-state index < -0.39 is 5.91 Å². The van der Waals surface area contributed by atoms with Gasteiger partial charge in [-0.15, -0.1) is 23.7 Å². The molecule has 0 unspecified atom stereocenters. The largest absolute Gasteiger partial charge is 0.495 e. The average Bonchev–Trinajstić information content (AvgIpc) is 3.35. The van der Waals surface area contributed by atoms with Crippen molar-refractivity contribution in [1.29, 1.82) is 0 Å². The van der Waals surface area contributed by atoms with Gasteiger partial charge in [0.2, 0.25) is 5.91 Å². The summed E-state index contributed by atoms with van der Waals surface area (Å²) < 4.78 is 5.47. The molecular formula is C21H27ClN6O2S2. The first-order valence-corrected chi connectivity index (χ1v) is 11.7. The summed E-state index contributed by atoms with van der Waals surface area (Å²) in [6.45, 7) is 7.93. The molecule has 1 saturated heterocycles. The molecule has 0 radical (unpaired) electrons. The summed E-state index contributed by atoms with van der Waals surface area (Å²) in [4.78, 5) is 27.0. The number of halogens is 1. The minimum atomic E-state index is -0.472. The van der Waals surface area contributed by atoms with Gasteiger partial charge in [-0.25, -0.2) is 9.97 Å². The second-order valence-corrected chi connectivity index (χ2v) is 9.43. The van der Waals surface area contributed by atoms with Crippen LogP contribution in [0.25, 0.3) is 10.6 Å². The number of benzene rings is 1. The zero-order chi connectivity index (χ0) is 22.1. The fraction of sp³-hybridized carbons (Fsp3) is 0.381. The maximum atomic E-state index is 11.7. The first-order valence-electron chi connectivity index (χ1n) is 9.98. The van der Waals surface area contributed by atoms with Gasteiger partial charge in [-0.1, -0.05) is 11.3 Å². The predicted octanol–water partition coefficient (Wildman–Crippen LogP) is 3.91. The van der Waals surface area contributed by atoms with Crippen LogP contribution in [0.4, 0.5) is 16.0 Å². The lowest BCUT2D eigenvalue weighted by atomic mass is 10.1. The number of anilines is 3. The molecule has 172 valence electrons. The van der Waals surface area contributed by atoms with Crippen LogP contribution in [0.15, 0.2) is 17.5 Å². The Morgan fingerprint density at radius 3 is 2.56 bits per heavy atom. The lowest BCUT2D eigenvalue weighted by Crippen LogP contribution is -2.44. The number of aryl methyl sites for hydroxylation is 2. The Morgan fingerprint density at radius 2 is 1.91 bits per heavy atom. The standard InChI is InChI=1S/C21H26N6O2S2.ClH/c1-12-9-17(29-4)15(10-14(12)19(22)28)24-20-25-16(11-30-20)18-13(2)23-21(31-18)27-7-5-26(3)6-8-27;/h9-11H,5-8H2,1-4H3,(H2,22,28)(H,24,25);1H. The van der Waals surface area contributed by atoms with Crippen LogP contribution in [-0.4, -0.2) is 61.1 Å². The summed E-state index contributed by atoms with van der Waals surface area (Å²) in [5.74, 6) is 0.158. The van der Waals surface area contributed by atoms with Crippen LogP contribution in [0.1, 0.15) is 21.6 Å².